The highest BCUT2D eigenvalue weighted by Gasteiger charge is 2.46. The monoisotopic (exact) mass is 381 g/mol. The fourth-order valence-electron chi connectivity index (χ4n) is 4.09. The maximum absolute atomic E-state index is 12.3. The van der Waals surface area contributed by atoms with Crippen LogP contribution in [0.2, 0.25) is 0 Å². The summed E-state index contributed by atoms with van der Waals surface area (Å²) in [7, 11) is 0. The van der Waals surface area contributed by atoms with Crippen molar-refractivity contribution in [1.82, 2.24) is 15.1 Å². The van der Waals surface area contributed by atoms with E-state index in [1.807, 2.05) is 24.3 Å². The van der Waals surface area contributed by atoms with Crippen molar-refractivity contribution >= 4 is 22.7 Å². The standard InChI is InChI=1S/C22H27N3O3/c26-21-19-10-6-15-24(19)22(27)25(21)14-4-3-12-23-13-16-28-20-11-5-8-17-7-1-2-9-18(17)20/h1-2,5,7-9,11,19,23H,3-4,6,10,12-16H2. The molecule has 2 aliphatic heterocycles. The van der Waals surface area contributed by atoms with Crippen LogP contribution in [0.5, 0.6) is 5.75 Å². The molecule has 2 fully saturated rings. The van der Waals surface area contributed by atoms with E-state index in [-0.39, 0.29) is 18.0 Å². The zero-order valence-corrected chi connectivity index (χ0v) is 16.1. The first-order valence-electron chi connectivity index (χ1n) is 10.2. The quantitative estimate of drug-likeness (QED) is 0.536. The minimum atomic E-state index is -0.183. The summed E-state index contributed by atoms with van der Waals surface area (Å²) in [5.74, 6) is 0.908. The van der Waals surface area contributed by atoms with E-state index in [4.69, 9.17) is 4.74 Å². The first-order valence-corrected chi connectivity index (χ1v) is 10.2. The molecule has 4 rings (SSSR count). The van der Waals surface area contributed by atoms with E-state index in [0.29, 0.717) is 13.2 Å². The molecule has 6 nitrogen and oxygen atoms in total. The third kappa shape index (κ3) is 3.83. The highest BCUT2D eigenvalue weighted by atomic mass is 16.5. The second kappa shape index (κ2) is 8.61. The molecule has 0 saturated carbocycles. The lowest BCUT2D eigenvalue weighted by Crippen LogP contribution is -2.34. The van der Waals surface area contributed by atoms with E-state index in [0.717, 1.165) is 56.5 Å². The van der Waals surface area contributed by atoms with Crippen LogP contribution in [-0.4, -0.2) is 60.6 Å². The third-order valence-corrected chi connectivity index (χ3v) is 5.55. The zero-order valence-electron chi connectivity index (χ0n) is 16.1. The number of nitrogens with one attached hydrogen (secondary N) is 1. The molecule has 2 saturated heterocycles. The van der Waals surface area contributed by atoms with Gasteiger partial charge in [0.2, 0.25) is 0 Å². The molecule has 2 aromatic rings. The average molecular weight is 381 g/mol. The summed E-state index contributed by atoms with van der Waals surface area (Å²) < 4.78 is 5.91. The highest BCUT2D eigenvalue weighted by Crippen LogP contribution is 2.27. The Hall–Kier alpha value is -2.60. The van der Waals surface area contributed by atoms with Gasteiger partial charge in [-0.25, -0.2) is 4.79 Å². The van der Waals surface area contributed by atoms with Crippen molar-refractivity contribution in [3.63, 3.8) is 0 Å². The van der Waals surface area contributed by atoms with Crippen LogP contribution in [0.1, 0.15) is 25.7 Å². The molecule has 0 aliphatic carbocycles. The SMILES string of the molecule is O=C1C2CCCN2C(=O)N1CCCCNCCOc1cccc2ccccc12. The van der Waals surface area contributed by atoms with Crippen LogP contribution in [0.15, 0.2) is 42.5 Å². The van der Waals surface area contributed by atoms with Crippen LogP contribution in [0.3, 0.4) is 0 Å². The van der Waals surface area contributed by atoms with Crippen molar-refractivity contribution in [3.05, 3.63) is 42.5 Å². The summed E-state index contributed by atoms with van der Waals surface area (Å²) in [6.45, 7) is 3.47. The number of hydrogen-bond donors (Lipinski definition) is 1. The van der Waals surface area contributed by atoms with Gasteiger partial charge in [-0.05, 0) is 43.7 Å². The number of carbonyl (C=O) groups excluding carboxylic acids is 2. The summed E-state index contributed by atoms with van der Waals surface area (Å²) in [5.41, 5.74) is 0. The lowest BCUT2D eigenvalue weighted by atomic mass is 10.1. The van der Waals surface area contributed by atoms with Crippen molar-refractivity contribution in [3.8, 4) is 5.75 Å². The third-order valence-electron chi connectivity index (χ3n) is 5.55. The number of nitrogens with zero attached hydrogens (tertiary/aromatic N) is 2. The average Bonchev–Trinajstić information content (AvgIpc) is 3.29. The topological polar surface area (TPSA) is 61.9 Å². The van der Waals surface area contributed by atoms with Crippen LogP contribution in [0.4, 0.5) is 4.79 Å². The first-order chi connectivity index (χ1) is 13.8. The van der Waals surface area contributed by atoms with Crippen LogP contribution in [0, 0.1) is 0 Å². The van der Waals surface area contributed by atoms with Gasteiger partial charge < -0.3 is 15.0 Å². The van der Waals surface area contributed by atoms with E-state index in [1.165, 1.54) is 10.3 Å². The van der Waals surface area contributed by atoms with E-state index < -0.39 is 0 Å². The van der Waals surface area contributed by atoms with Gasteiger partial charge in [0.05, 0.1) is 0 Å². The number of imide groups is 1. The molecule has 0 bridgehead atoms. The number of hydrogen-bond acceptors (Lipinski definition) is 4. The molecule has 2 aromatic carbocycles. The van der Waals surface area contributed by atoms with Gasteiger partial charge in [-0.2, -0.15) is 0 Å². The number of ether oxygens (including phenoxy) is 1. The van der Waals surface area contributed by atoms with Gasteiger partial charge in [-0.3, -0.25) is 9.69 Å². The summed E-state index contributed by atoms with van der Waals surface area (Å²) in [4.78, 5) is 27.7. The Morgan fingerprint density at radius 1 is 1.04 bits per heavy atom. The molecule has 0 aromatic heterocycles. The van der Waals surface area contributed by atoms with Crippen LogP contribution in [0.25, 0.3) is 10.8 Å². The Labute approximate surface area is 165 Å². The molecular formula is C22H27N3O3. The van der Waals surface area contributed by atoms with Gasteiger partial charge in [0.25, 0.3) is 5.91 Å². The fraction of sp³-hybridized carbons (Fsp3) is 0.455. The molecule has 2 aliphatic rings. The highest BCUT2D eigenvalue weighted by molar-refractivity contribution is 6.04. The number of fused-ring (bicyclic) bond motifs is 2. The molecule has 2 heterocycles. The van der Waals surface area contributed by atoms with Gasteiger partial charge in [0.15, 0.2) is 0 Å². The van der Waals surface area contributed by atoms with E-state index in [9.17, 15) is 9.59 Å². The lowest BCUT2D eigenvalue weighted by Gasteiger charge is -2.15. The van der Waals surface area contributed by atoms with Crippen LogP contribution >= 0.6 is 0 Å². The van der Waals surface area contributed by atoms with Crippen molar-refractivity contribution in [2.45, 2.75) is 31.7 Å². The summed E-state index contributed by atoms with van der Waals surface area (Å²) in [5, 5.41) is 5.68. The lowest BCUT2D eigenvalue weighted by molar-refractivity contribution is -0.128. The van der Waals surface area contributed by atoms with Crippen molar-refractivity contribution in [2.75, 3.05) is 32.8 Å². The molecule has 148 valence electrons. The minimum absolute atomic E-state index is 0.000975. The molecular weight excluding hydrogens is 354 g/mol. The number of urea groups is 1. The maximum atomic E-state index is 12.3. The van der Waals surface area contributed by atoms with E-state index in [2.05, 4.69) is 23.5 Å². The number of carbonyl (C=O) groups is 2. The summed E-state index contributed by atoms with van der Waals surface area (Å²) in [6, 6.07) is 14.0. The maximum Gasteiger partial charge on any atom is 0.327 e. The van der Waals surface area contributed by atoms with E-state index in [1.54, 1.807) is 4.90 Å². The number of unbranched alkanes of at least 4 members (excludes halogenated alkanes) is 1. The van der Waals surface area contributed by atoms with Crippen LogP contribution in [-0.2, 0) is 4.79 Å². The smallest absolute Gasteiger partial charge is 0.327 e. The Morgan fingerprint density at radius 3 is 2.79 bits per heavy atom. The van der Waals surface area contributed by atoms with Gasteiger partial charge >= 0.3 is 6.03 Å². The predicted octanol–water partition coefficient (Wildman–Crippen LogP) is 3.02. The molecule has 28 heavy (non-hydrogen) atoms. The Balaban J connectivity index is 1.12. The fourth-order valence-corrected chi connectivity index (χ4v) is 4.09. The number of benzene rings is 2. The molecule has 1 atom stereocenters. The largest absolute Gasteiger partial charge is 0.492 e. The first kappa shape index (κ1) is 18.7. The van der Waals surface area contributed by atoms with Crippen LogP contribution < -0.4 is 10.1 Å². The molecule has 6 heteroatoms. The molecule has 1 N–H and O–H groups in total. The predicted molar refractivity (Wildman–Crippen MR) is 108 cm³/mol. The second-order valence-electron chi connectivity index (χ2n) is 7.41. The van der Waals surface area contributed by atoms with Gasteiger partial charge in [0.1, 0.15) is 18.4 Å². The van der Waals surface area contributed by atoms with Crippen molar-refractivity contribution in [2.24, 2.45) is 0 Å². The number of rotatable bonds is 9. The Morgan fingerprint density at radius 2 is 1.89 bits per heavy atom. The molecule has 0 spiro atoms. The second-order valence-corrected chi connectivity index (χ2v) is 7.41. The van der Waals surface area contributed by atoms with Crippen molar-refractivity contribution < 1.29 is 14.3 Å². The zero-order chi connectivity index (χ0) is 19.3. The number of amides is 3. The Kier molecular flexibility index (Phi) is 5.76. The van der Waals surface area contributed by atoms with Gasteiger partial charge in [-0.1, -0.05) is 36.4 Å². The minimum Gasteiger partial charge on any atom is -0.492 e. The van der Waals surface area contributed by atoms with Gasteiger partial charge in [-0.15, -0.1) is 0 Å². The molecule has 3 amide bonds. The molecule has 0 radical (unpaired) electrons. The molecule has 1 unspecified atom stereocenters. The van der Waals surface area contributed by atoms with Crippen molar-refractivity contribution in [1.29, 1.82) is 0 Å². The van der Waals surface area contributed by atoms with E-state index >= 15 is 0 Å². The Bertz CT molecular complexity index is 827. The van der Waals surface area contributed by atoms with Gasteiger partial charge in [0, 0.05) is 25.0 Å². The normalized spacial score (nSPS) is 18.9. The summed E-state index contributed by atoms with van der Waals surface area (Å²) in [6.07, 6.45) is 3.52. The summed E-state index contributed by atoms with van der Waals surface area (Å²) >= 11 is 0.